The standard InChI is InChI=1S/C8H16BrNO3S/c9-6-14(12,13)10-7-4-2-1-3-5-8(7)11/h7-8,10-11H,1-6H2. The van der Waals surface area contributed by atoms with Crippen LogP contribution in [0.15, 0.2) is 0 Å². The zero-order valence-electron chi connectivity index (χ0n) is 7.95. The number of hydrogen-bond acceptors (Lipinski definition) is 3. The first kappa shape index (κ1) is 12.4. The smallest absolute Gasteiger partial charge is 0.221 e. The summed E-state index contributed by atoms with van der Waals surface area (Å²) in [6.07, 6.45) is 3.92. The van der Waals surface area contributed by atoms with Gasteiger partial charge in [-0.15, -0.1) is 0 Å². The number of aliphatic hydroxyl groups excluding tert-OH is 1. The summed E-state index contributed by atoms with van der Waals surface area (Å²) in [7, 11) is -3.26. The lowest BCUT2D eigenvalue weighted by Gasteiger charge is -2.20. The Balaban J connectivity index is 2.57. The molecule has 1 saturated carbocycles. The lowest BCUT2D eigenvalue weighted by Crippen LogP contribution is -2.42. The third-order valence-corrected chi connectivity index (χ3v) is 5.21. The fourth-order valence-corrected chi connectivity index (χ4v) is 2.88. The van der Waals surface area contributed by atoms with Gasteiger partial charge in [0.05, 0.1) is 6.10 Å². The van der Waals surface area contributed by atoms with Crippen molar-refractivity contribution in [2.45, 2.75) is 44.2 Å². The molecule has 1 aliphatic carbocycles. The minimum atomic E-state index is -3.26. The summed E-state index contributed by atoms with van der Waals surface area (Å²) in [5.41, 5.74) is 0. The topological polar surface area (TPSA) is 66.4 Å². The zero-order valence-corrected chi connectivity index (χ0v) is 10.3. The van der Waals surface area contributed by atoms with Crippen LogP contribution in [0.3, 0.4) is 0 Å². The largest absolute Gasteiger partial charge is 0.391 e. The molecule has 0 spiro atoms. The normalized spacial score (nSPS) is 29.9. The van der Waals surface area contributed by atoms with Crippen molar-refractivity contribution < 1.29 is 13.5 Å². The van der Waals surface area contributed by atoms with E-state index in [1.54, 1.807) is 0 Å². The highest BCUT2D eigenvalue weighted by Crippen LogP contribution is 2.18. The molecule has 1 fully saturated rings. The van der Waals surface area contributed by atoms with Gasteiger partial charge in [-0.2, -0.15) is 0 Å². The molecule has 0 heterocycles. The second-order valence-electron chi connectivity index (χ2n) is 3.65. The van der Waals surface area contributed by atoms with E-state index in [1.807, 2.05) is 0 Å². The van der Waals surface area contributed by atoms with Crippen LogP contribution in [0.5, 0.6) is 0 Å². The molecule has 0 aromatic carbocycles. The molecule has 1 rings (SSSR count). The van der Waals surface area contributed by atoms with Gasteiger partial charge >= 0.3 is 0 Å². The van der Waals surface area contributed by atoms with Crippen LogP contribution in [0.4, 0.5) is 0 Å². The van der Waals surface area contributed by atoms with Crippen LogP contribution in [-0.4, -0.2) is 30.3 Å². The maximum Gasteiger partial charge on any atom is 0.221 e. The molecule has 6 heteroatoms. The number of nitrogens with one attached hydrogen (secondary N) is 1. The van der Waals surface area contributed by atoms with Crippen LogP contribution in [-0.2, 0) is 10.0 Å². The van der Waals surface area contributed by atoms with E-state index < -0.39 is 16.1 Å². The van der Waals surface area contributed by atoms with Gasteiger partial charge in [0.1, 0.15) is 4.66 Å². The summed E-state index contributed by atoms with van der Waals surface area (Å²) in [4.78, 5) is 0. The first-order valence-electron chi connectivity index (χ1n) is 4.79. The monoisotopic (exact) mass is 285 g/mol. The highest BCUT2D eigenvalue weighted by atomic mass is 79.9. The Morgan fingerprint density at radius 2 is 1.93 bits per heavy atom. The molecule has 2 N–H and O–H groups in total. The van der Waals surface area contributed by atoms with Crippen molar-refractivity contribution in [2.75, 3.05) is 4.66 Å². The predicted molar refractivity (Wildman–Crippen MR) is 58.7 cm³/mol. The lowest BCUT2D eigenvalue weighted by atomic mass is 10.1. The second-order valence-corrected chi connectivity index (χ2v) is 6.71. The molecule has 0 bridgehead atoms. The Labute approximate surface area is 93.3 Å². The van der Waals surface area contributed by atoms with E-state index in [-0.39, 0.29) is 10.7 Å². The van der Waals surface area contributed by atoms with Crippen molar-refractivity contribution in [1.82, 2.24) is 4.72 Å². The fourth-order valence-electron chi connectivity index (χ4n) is 1.69. The number of alkyl halides is 1. The molecular formula is C8H16BrNO3S. The van der Waals surface area contributed by atoms with Crippen molar-refractivity contribution >= 4 is 26.0 Å². The second kappa shape index (κ2) is 5.44. The molecule has 0 aromatic rings. The first-order chi connectivity index (χ1) is 6.55. The van der Waals surface area contributed by atoms with Gasteiger partial charge in [0.25, 0.3) is 0 Å². The molecule has 14 heavy (non-hydrogen) atoms. The third-order valence-electron chi connectivity index (χ3n) is 2.45. The molecule has 84 valence electrons. The van der Waals surface area contributed by atoms with E-state index in [0.29, 0.717) is 6.42 Å². The van der Waals surface area contributed by atoms with Crippen molar-refractivity contribution in [3.63, 3.8) is 0 Å². The van der Waals surface area contributed by atoms with Gasteiger partial charge in [0.2, 0.25) is 10.0 Å². The molecule has 0 aliphatic heterocycles. The van der Waals surface area contributed by atoms with Gasteiger partial charge in [-0.25, -0.2) is 13.1 Å². The maximum absolute atomic E-state index is 11.3. The molecule has 4 nitrogen and oxygen atoms in total. The molecule has 0 aromatic heterocycles. The Hall–Kier alpha value is 0.350. The highest BCUT2D eigenvalue weighted by Gasteiger charge is 2.25. The zero-order chi connectivity index (χ0) is 10.6. The van der Waals surface area contributed by atoms with Gasteiger partial charge < -0.3 is 5.11 Å². The molecule has 2 unspecified atom stereocenters. The summed E-state index contributed by atoms with van der Waals surface area (Å²) in [6.45, 7) is 0. The van der Waals surface area contributed by atoms with Crippen LogP contribution >= 0.6 is 15.9 Å². The van der Waals surface area contributed by atoms with Crippen LogP contribution in [0.25, 0.3) is 0 Å². The minimum Gasteiger partial charge on any atom is -0.391 e. The molecule has 1 aliphatic rings. The van der Waals surface area contributed by atoms with E-state index in [0.717, 1.165) is 25.7 Å². The Morgan fingerprint density at radius 3 is 2.57 bits per heavy atom. The summed E-state index contributed by atoms with van der Waals surface area (Å²) < 4.78 is 24.9. The summed E-state index contributed by atoms with van der Waals surface area (Å²) in [5, 5.41) is 9.67. The number of rotatable bonds is 3. The third kappa shape index (κ3) is 3.84. The van der Waals surface area contributed by atoms with Crippen LogP contribution < -0.4 is 4.72 Å². The van der Waals surface area contributed by atoms with Crippen LogP contribution in [0.1, 0.15) is 32.1 Å². The van der Waals surface area contributed by atoms with E-state index in [4.69, 9.17) is 0 Å². The van der Waals surface area contributed by atoms with E-state index >= 15 is 0 Å². The maximum atomic E-state index is 11.3. The van der Waals surface area contributed by atoms with Crippen LogP contribution in [0, 0.1) is 0 Å². The highest BCUT2D eigenvalue weighted by molar-refractivity contribution is 9.10. The number of aliphatic hydroxyl groups is 1. The van der Waals surface area contributed by atoms with Gasteiger partial charge in [-0.3, -0.25) is 0 Å². The Morgan fingerprint density at radius 1 is 1.29 bits per heavy atom. The quantitative estimate of drug-likeness (QED) is 0.599. The van der Waals surface area contributed by atoms with E-state index in [2.05, 4.69) is 20.7 Å². The molecule has 0 radical (unpaired) electrons. The van der Waals surface area contributed by atoms with Crippen molar-refractivity contribution in [3.05, 3.63) is 0 Å². The average Bonchev–Trinajstić information content (AvgIpc) is 2.32. The van der Waals surface area contributed by atoms with Crippen molar-refractivity contribution in [1.29, 1.82) is 0 Å². The summed E-state index contributed by atoms with van der Waals surface area (Å²) >= 11 is 2.91. The number of hydrogen-bond donors (Lipinski definition) is 2. The molecule has 0 amide bonds. The molecular weight excluding hydrogens is 270 g/mol. The Bertz CT molecular complexity index is 268. The Kier molecular flexibility index (Phi) is 4.82. The number of halogens is 1. The van der Waals surface area contributed by atoms with Crippen molar-refractivity contribution in [3.8, 4) is 0 Å². The average molecular weight is 286 g/mol. The minimum absolute atomic E-state index is 0.108. The fraction of sp³-hybridized carbons (Fsp3) is 1.00. The van der Waals surface area contributed by atoms with Gasteiger partial charge in [0.15, 0.2) is 0 Å². The summed E-state index contributed by atoms with van der Waals surface area (Å²) in [6, 6.07) is -0.306. The molecule has 2 atom stereocenters. The SMILES string of the molecule is O=S(=O)(CBr)NC1CCCCCC1O. The van der Waals surface area contributed by atoms with Crippen molar-refractivity contribution in [2.24, 2.45) is 0 Å². The van der Waals surface area contributed by atoms with Gasteiger partial charge in [-0.05, 0) is 12.8 Å². The number of sulfonamides is 1. The van der Waals surface area contributed by atoms with Gasteiger partial charge in [-0.1, -0.05) is 35.2 Å². The van der Waals surface area contributed by atoms with Gasteiger partial charge in [0, 0.05) is 6.04 Å². The first-order valence-corrected chi connectivity index (χ1v) is 7.56. The lowest BCUT2D eigenvalue weighted by molar-refractivity contribution is 0.130. The predicted octanol–water partition coefficient (Wildman–Crippen LogP) is 0.952. The van der Waals surface area contributed by atoms with Crippen LogP contribution in [0.2, 0.25) is 0 Å². The summed E-state index contributed by atoms with van der Waals surface area (Å²) in [5.74, 6) is 0. The van der Waals surface area contributed by atoms with E-state index in [9.17, 15) is 13.5 Å². The van der Waals surface area contributed by atoms with E-state index in [1.165, 1.54) is 0 Å². The molecule has 0 saturated heterocycles.